The van der Waals surface area contributed by atoms with E-state index in [0.29, 0.717) is 11.5 Å². The first-order valence-electron chi connectivity index (χ1n) is 8.59. The van der Waals surface area contributed by atoms with Crippen LogP contribution >= 0.6 is 0 Å². The van der Waals surface area contributed by atoms with Gasteiger partial charge in [0, 0.05) is 17.2 Å². The molecule has 5 nitrogen and oxygen atoms in total. The van der Waals surface area contributed by atoms with Crippen LogP contribution in [-0.2, 0) is 6.61 Å². The Morgan fingerprint density at radius 3 is 2.56 bits per heavy atom. The van der Waals surface area contributed by atoms with Crippen molar-refractivity contribution in [3.63, 3.8) is 0 Å². The maximum absolute atomic E-state index is 12.1. The Hall–Kier alpha value is -3.31. The van der Waals surface area contributed by atoms with E-state index in [1.165, 1.54) is 0 Å². The van der Waals surface area contributed by atoms with Crippen LogP contribution < -0.4 is 10.2 Å². The van der Waals surface area contributed by atoms with Crippen molar-refractivity contribution in [1.82, 2.24) is 0 Å². The lowest BCUT2D eigenvalue weighted by Crippen LogP contribution is -2.13. The van der Waals surface area contributed by atoms with Crippen molar-refractivity contribution >= 4 is 5.76 Å². The van der Waals surface area contributed by atoms with Crippen molar-refractivity contribution in [3.8, 4) is 11.5 Å². The minimum Gasteiger partial charge on any atom is -0.502 e. The van der Waals surface area contributed by atoms with Gasteiger partial charge in [0.05, 0.1) is 5.92 Å². The van der Waals surface area contributed by atoms with Crippen molar-refractivity contribution in [3.05, 3.63) is 99.1 Å². The summed E-state index contributed by atoms with van der Waals surface area (Å²) in [6.07, 6.45) is 1.81. The molecule has 0 aliphatic carbocycles. The van der Waals surface area contributed by atoms with E-state index in [-0.39, 0.29) is 11.5 Å². The highest BCUT2D eigenvalue weighted by Gasteiger charge is 2.29. The molecule has 3 aromatic rings. The van der Waals surface area contributed by atoms with E-state index in [4.69, 9.17) is 9.15 Å². The SMILES string of the molecule is Cc1ccc(C2=CC(c3oc(CO)cc(=O)c3O)c3ccccc3O2)cc1. The van der Waals surface area contributed by atoms with Gasteiger partial charge in [-0.05, 0) is 19.1 Å². The van der Waals surface area contributed by atoms with E-state index < -0.39 is 23.7 Å². The van der Waals surface area contributed by atoms with Crippen LogP contribution in [0.4, 0.5) is 0 Å². The van der Waals surface area contributed by atoms with Gasteiger partial charge < -0.3 is 19.4 Å². The van der Waals surface area contributed by atoms with E-state index in [9.17, 15) is 15.0 Å². The predicted molar refractivity (Wildman–Crippen MR) is 101 cm³/mol. The van der Waals surface area contributed by atoms with Gasteiger partial charge >= 0.3 is 0 Å². The molecule has 2 N–H and O–H groups in total. The normalized spacial score (nSPS) is 15.6. The molecular formula is C22H18O5. The number of ether oxygens (including phenoxy) is 1. The van der Waals surface area contributed by atoms with Crippen LogP contribution in [0.25, 0.3) is 5.76 Å². The van der Waals surface area contributed by atoms with Gasteiger partial charge in [0.1, 0.15) is 23.9 Å². The highest BCUT2D eigenvalue weighted by molar-refractivity contribution is 5.68. The quantitative estimate of drug-likeness (QED) is 0.742. The third-order valence-electron chi connectivity index (χ3n) is 4.57. The number of hydrogen-bond acceptors (Lipinski definition) is 5. The molecule has 0 bridgehead atoms. The number of para-hydroxylation sites is 1. The fourth-order valence-corrected chi connectivity index (χ4v) is 3.16. The standard InChI is InChI=1S/C22H18O5/c1-13-6-8-14(9-7-13)20-11-17(16-4-2-3-5-19(16)27-20)22-21(25)18(24)10-15(12-23)26-22/h2-11,17,23,25H,12H2,1H3. The van der Waals surface area contributed by atoms with E-state index in [0.717, 1.165) is 22.8 Å². The molecule has 0 amide bonds. The van der Waals surface area contributed by atoms with Crippen molar-refractivity contribution in [2.24, 2.45) is 0 Å². The van der Waals surface area contributed by atoms with E-state index in [1.807, 2.05) is 61.5 Å². The molecule has 2 aromatic carbocycles. The lowest BCUT2D eigenvalue weighted by Gasteiger charge is -2.25. The van der Waals surface area contributed by atoms with Crippen LogP contribution in [-0.4, -0.2) is 10.2 Å². The van der Waals surface area contributed by atoms with Crippen molar-refractivity contribution in [1.29, 1.82) is 0 Å². The highest BCUT2D eigenvalue weighted by Crippen LogP contribution is 2.42. The Kier molecular flexibility index (Phi) is 4.30. The molecule has 1 unspecified atom stereocenters. The maximum atomic E-state index is 12.1. The zero-order valence-electron chi connectivity index (χ0n) is 14.7. The smallest absolute Gasteiger partial charge is 0.227 e. The van der Waals surface area contributed by atoms with Gasteiger partial charge in [-0.25, -0.2) is 0 Å². The second-order valence-corrected chi connectivity index (χ2v) is 6.46. The topological polar surface area (TPSA) is 79.9 Å². The summed E-state index contributed by atoms with van der Waals surface area (Å²) < 4.78 is 11.7. The Labute approximate surface area is 155 Å². The van der Waals surface area contributed by atoms with Crippen LogP contribution in [0.2, 0.25) is 0 Å². The van der Waals surface area contributed by atoms with Crippen LogP contribution in [0.15, 0.2) is 69.9 Å². The molecule has 0 saturated heterocycles. The van der Waals surface area contributed by atoms with Gasteiger partial charge in [0.15, 0.2) is 5.76 Å². The summed E-state index contributed by atoms with van der Waals surface area (Å²) in [5.41, 5.74) is 2.18. The third-order valence-corrected chi connectivity index (χ3v) is 4.57. The first-order chi connectivity index (χ1) is 13.1. The van der Waals surface area contributed by atoms with Gasteiger partial charge in [-0.2, -0.15) is 0 Å². The van der Waals surface area contributed by atoms with Gasteiger partial charge in [0.25, 0.3) is 0 Å². The number of fused-ring (bicyclic) bond motifs is 1. The molecule has 2 heterocycles. The van der Waals surface area contributed by atoms with Gasteiger partial charge in [-0.3, -0.25) is 4.79 Å². The number of rotatable bonds is 3. The van der Waals surface area contributed by atoms with Crippen LogP contribution in [0.5, 0.6) is 11.5 Å². The molecule has 1 aliphatic rings. The monoisotopic (exact) mass is 362 g/mol. The average molecular weight is 362 g/mol. The molecule has 4 rings (SSSR count). The van der Waals surface area contributed by atoms with Crippen LogP contribution in [0, 0.1) is 6.92 Å². The molecule has 0 radical (unpaired) electrons. The minimum atomic E-state index is -0.588. The summed E-state index contributed by atoms with van der Waals surface area (Å²) in [6.45, 7) is 1.58. The molecule has 1 atom stereocenters. The molecule has 27 heavy (non-hydrogen) atoms. The molecular weight excluding hydrogens is 344 g/mol. The molecule has 0 spiro atoms. The first kappa shape index (κ1) is 17.1. The lowest BCUT2D eigenvalue weighted by molar-refractivity contribution is 0.234. The number of allylic oxidation sites excluding steroid dienone is 1. The number of benzene rings is 2. The summed E-state index contributed by atoms with van der Waals surface area (Å²) in [6, 6.07) is 16.4. The van der Waals surface area contributed by atoms with Crippen molar-refractivity contribution < 1.29 is 19.4 Å². The second-order valence-electron chi connectivity index (χ2n) is 6.46. The lowest BCUT2D eigenvalue weighted by atomic mass is 9.91. The Morgan fingerprint density at radius 1 is 1.07 bits per heavy atom. The number of aliphatic hydroxyl groups excluding tert-OH is 1. The van der Waals surface area contributed by atoms with Crippen LogP contribution in [0.1, 0.15) is 34.1 Å². The maximum Gasteiger partial charge on any atom is 0.227 e. The summed E-state index contributed by atoms with van der Waals surface area (Å²) in [5.74, 6) is 0.431. The molecule has 1 aliphatic heterocycles. The number of aryl methyl sites for hydroxylation is 1. The highest BCUT2D eigenvalue weighted by atomic mass is 16.5. The fraction of sp³-hybridized carbons (Fsp3) is 0.136. The van der Waals surface area contributed by atoms with Crippen molar-refractivity contribution in [2.45, 2.75) is 19.4 Å². The number of aromatic hydroxyl groups is 1. The molecule has 5 heteroatoms. The second kappa shape index (κ2) is 6.78. The summed E-state index contributed by atoms with van der Waals surface area (Å²) in [4.78, 5) is 12.1. The number of aliphatic hydroxyl groups is 1. The van der Waals surface area contributed by atoms with Gasteiger partial charge in [0.2, 0.25) is 11.2 Å². The predicted octanol–water partition coefficient (Wildman–Crippen LogP) is 3.71. The Bertz CT molecular complexity index is 1080. The first-order valence-corrected chi connectivity index (χ1v) is 8.59. The van der Waals surface area contributed by atoms with Gasteiger partial charge in [-0.1, -0.05) is 48.0 Å². The minimum absolute atomic E-state index is 0.0897. The molecule has 0 fully saturated rings. The van der Waals surface area contributed by atoms with Crippen LogP contribution in [0.3, 0.4) is 0 Å². The van der Waals surface area contributed by atoms with Crippen molar-refractivity contribution in [2.75, 3.05) is 0 Å². The third kappa shape index (κ3) is 3.13. The van der Waals surface area contributed by atoms with E-state index in [1.54, 1.807) is 0 Å². The zero-order chi connectivity index (χ0) is 19.0. The summed E-state index contributed by atoms with van der Waals surface area (Å²) >= 11 is 0. The Morgan fingerprint density at radius 2 is 1.81 bits per heavy atom. The summed E-state index contributed by atoms with van der Waals surface area (Å²) in [5, 5.41) is 19.7. The largest absolute Gasteiger partial charge is 0.502 e. The Balaban J connectivity index is 1.91. The number of hydrogen-bond donors (Lipinski definition) is 2. The van der Waals surface area contributed by atoms with E-state index in [2.05, 4.69) is 0 Å². The molecule has 0 saturated carbocycles. The van der Waals surface area contributed by atoms with E-state index >= 15 is 0 Å². The average Bonchev–Trinajstić information content (AvgIpc) is 2.69. The molecule has 136 valence electrons. The summed E-state index contributed by atoms with van der Waals surface area (Å²) in [7, 11) is 0. The van der Waals surface area contributed by atoms with Gasteiger partial charge in [-0.15, -0.1) is 0 Å². The zero-order valence-corrected chi connectivity index (χ0v) is 14.7. The fourth-order valence-electron chi connectivity index (χ4n) is 3.16. The molecule has 1 aromatic heterocycles.